The lowest BCUT2D eigenvalue weighted by Crippen LogP contribution is -2.13. The maximum atomic E-state index is 11.4. The lowest BCUT2D eigenvalue weighted by Gasteiger charge is -2.06. The largest absolute Gasteiger partial charge is 0.469 e. The third kappa shape index (κ3) is 2.79. The van der Waals surface area contributed by atoms with E-state index in [1.807, 2.05) is 6.92 Å². The molecule has 0 radical (unpaired) electrons. The highest BCUT2D eigenvalue weighted by Crippen LogP contribution is 2.11. The van der Waals surface area contributed by atoms with Gasteiger partial charge >= 0.3 is 11.9 Å². The summed E-state index contributed by atoms with van der Waals surface area (Å²) in [4.78, 5) is 26.5. The fourth-order valence-corrected chi connectivity index (χ4v) is 1.27. The third-order valence-electron chi connectivity index (χ3n) is 2.04. The third-order valence-corrected chi connectivity index (χ3v) is 2.04. The van der Waals surface area contributed by atoms with Crippen LogP contribution in [0.4, 0.5) is 0 Å². The second kappa shape index (κ2) is 5.25. The Labute approximate surface area is 93.4 Å². The molecule has 0 saturated heterocycles. The Morgan fingerprint density at radius 3 is 2.56 bits per heavy atom. The van der Waals surface area contributed by atoms with Crippen LogP contribution in [0.5, 0.6) is 0 Å². The predicted octanol–water partition coefficient (Wildman–Crippen LogP) is 0.892. The highest BCUT2D eigenvalue weighted by atomic mass is 16.5. The van der Waals surface area contributed by atoms with Crippen molar-refractivity contribution in [2.75, 3.05) is 14.2 Å². The highest BCUT2D eigenvalue weighted by molar-refractivity contribution is 5.90. The van der Waals surface area contributed by atoms with Crippen molar-refractivity contribution < 1.29 is 19.1 Å². The van der Waals surface area contributed by atoms with Crippen LogP contribution in [0.3, 0.4) is 0 Å². The van der Waals surface area contributed by atoms with Crippen molar-refractivity contribution >= 4 is 11.9 Å². The summed E-state index contributed by atoms with van der Waals surface area (Å²) in [5.74, 6) is -0.976. The fraction of sp³-hybridized carbons (Fsp3) is 0.364. The summed E-state index contributed by atoms with van der Waals surface area (Å²) < 4.78 is 9.12. The molecule has 1 rings (SSSR count). The Hall–Kier alpha value is -1.91. The van der Waals surface area contributed by atoms with E-state index in [1.165, 1.54) is 14.2 Å². The molecule has 0 unspecified atom stereocenters. The van der Waals surface area contributed by atoms with Crippen molar-refractivity contribution in [2.45, 2.75) is 13.3 Å². The lowest BCUT2D eigenvalue weighted by molar-refractivity contribution is -0.139. The zero-order chi connectivity index (χ0) is 12.1. The molecule has 0 aliphatic rings. The lowest BCUT2D eigenvalue weighted by atomic mass is 10.1. The van der Waals surface area contributed by atoms with Crippen LogP contribution in [-0.4, -0.2) is 31.1 Å². The molecule has 16 heavy (non-hydrogen) atoms. The molecular weight excluding hydrogens is 210 g/mol. The monoisotopic (exact) mass is 223 g/mol. The van der Waals surface area contributed by atoms with Gasteiger partial charge in [-0.15, -0.1) is 0 Å². The van der Waals surface area contributed by atoms with E-state index < -0.39 is 11.9 Å². The number of nitrogens with zero attached hydrogens (tertiary/aromatic N) is 1. The molecule has 5 nitrogen and oxygen atoms in total. The number of methoxy groups -OCH3 is 2. The molecule has 0 fully saturated rings. The smallest absolute Gasteiger partial charge is 0.356 e. The van der Waals surface area contributed by atoms with Crippen LogP contribution < -0.4 is 0 Å². The molecule has 0 aromatic carbocycles. The SMILES string of the molecule is COC(=O)Cc1cc(C)cnc1C(=O)OC. The summed E-state index contributed by atoms with van der Waals surface area (Å²) in [6, 6.07) is 1.72. The first kappa shape index (κ1) is 12.2. The van der Waals surface area contributed by atoms with E-state index in [-0.39, 0.29) is 12.1 Å². The van der Waals surface area contributed by atoms with Gasteiger partial charge in [-0.25, -0.2) is 9.78 Å². The quantitative estimate of drug-likeness (QED) is 0.712. The fourth-order valence-electron chi connectivity index (χ4n) is 1.27. The topological polar surface area (TPSA) is 65.5 Å². The molecule has 1 aromatic rings. The van der Waals surface area contributed by atoms with Crippen LogP contribution in [0, 0.1) is 6.92 Å². The minimum Gasteiger partial charge on any atom is -0.469 e. The van der Waals surface area contributed by atoms with Crippen molar-refractivity contribution in [3.8, 4) is 0 Å². The zero-order valence-electron chi connectivity index (χ0n) is 9.44. The van der Waals surface area contributed by atoms with Gasteiger partial charge in [-0.1, -0.05) is 6.07 Å². The molecule has 0 atom stereocenters. The van der Waals surface area contributed by atoms with Gasteiger partial charge in [0, 0.05) is 6.20 Å². The van der Waals surface area contributed by atoms with Crippen LogP contribution in [0.1, 0.15) is 21.6 Å². The molecule has 0 N–H and O–H groups in total. The average molecular weight is 223 g/mol. The van der Waals surface area contributed by atoms with Crippen molar-refractivity contribution in [1.29, 1.82) is 0 Å². The highest BCUT2D eigenvalue weighted by Gasteiger charge is 2.16. The summed E-state index contributed by atoms with van der Waals surface area (Å²) in [6.45, 7) is 1.83. The van der Waals surface area contributed by atoms with E-state index in [0.717, 1.165) is 5.56 Å². The Morgan fingerprint density at radius 1 is 1.31 bits per heavy atom. The van der Waals surface area contributed by atoms with E-state index in [1.54, 1.807) is 12.3 Å². The van der Waals surface area contributed by atoms with E-state index >= 15 is 0 Å². The van der Waals surface area contributed by atoms with E-state index in [2.05, 4.69) is 14.5 Å². The molecular formula is C11H13NO4. The van der Waals surface area contributed by atoms with Gasteiger partial charge in [0.15, 0.2) is 5.69 Å². The first-order valence-corrected chi connectivity index (χ1v) is 4.69. The number of carbonyl (C=O) groups is 2. The van der Waals surface area contributed by atoms with Crippen LogP contribution in [0.25, 0.3) is 0 Å². The number of pyridine rings is 1. The van der Waals surface area contributed by atoms with Crippen molar-refractivity contribution in [3.05, 3.63) is 29.1 Å². The minimum absolute atomic E-state index is 0.00954. The molecule has 86 valence electrons. The molecule has 0 saturated carbocycles. The molecule has 5 heteroatoms. The molecule has 0 aliphatic carbocycles. The predicted molar refractivity (Wildman–Crippen MR) is 56.0 cm³/mol. The summed E-state index contributed by atoms with van der Waals surface area (Å²) in [5, 5.41) is 0. The number of carbonyl (C=O) groups excluding carboxylic acids is 2. The molecule has 0 aliphatic heterocycles. The van der Waals surface area contributed by atoms with Gasteiger partial charge in [-0.05, 0) is 18.1 Å². The van der Waals surface area contributed by atoms with Gasteiger partial charge in [-0.2, -0.15) is 0 Å². The summed E-state index contributed by atoms with van der Waals surface area (Å²) in [5.41, 5.74) is 1.53. The second-order valence-corrected chi connectivity index (χ2v) is 3.26. The number of rotatable bonds is 3. The van der Waals surface area contributed by atoms with Crippen molar-refractivity contribution in [1.82, 2.24) is 4.98 Å². The first-order chi connectivity index (χ1) is 7.58. The van der Waals surface area contributed by atoms with Gasteiger partial charge in [-0.3, -0.25) is 4.79 Å². The summed E-state index contributed by atoms with van der Waals surface area (Å²) in [7, 11) is 2.56. The molecule has 0 bridgehead atoms. The Morgan fingerprint density at radius 2 is 2.00 bits per heavy atom. The summed E-state index contributed by atoms with van der Waals surface area (Å²) >= 11 is 0. The maximum absolute atomic E-state index is 11.4. The van der Waals surface area contributed by atoms with E-state index in [9.17, 15) is 9.59 Å². The van der Waals surface area contributed by atoms with Crippen molar-refractivity contribution in [2.24, 2.45) is 0 Å². The molecule has 1 heterocycles. The van der Waals surface area contributed by atoms with Crippen LogP contribution in [0.2, 0.25) is 0 Å². The molecule has 1 aromatic heterocycles. The number of aromatic nitrogens is 1. The molecule has 0 spiro atoms. The summed E-state index contributed by atoms with van der Waals surface area (Å²) in [6.07, 6.45) is 1.56. The van der Waals surface area contributed by atoms with Gasteiger partial charge < -0.3 is 9.47 Å². The Bertz CT molecular complexity index is 414. The number of ether oxygens (including phenoxy) is 2. The maximum Gasteiger partial charge on any atom is 0.356 e. The standard InChI is InChI=1S/C11H13NO4/c1-7-4-8(5-9(13)15-2)10(12-6-7)11(14)16-3/h4,6H,5H2,1-3H3. The Balaban J connectivity index is 3.08. The number of aryl methyl sites for hydroxylation is 1. The number of esters is 2. The van der Waals surface area contributed by atoms with Gasteiger partial charge in [0.25, 0.3) is 0 Å². The minimum atomic E-state index is -0.557. The average Bonchev–Trinajstić information content (AvgIpc) is 2.28. The Kier molecular flexibility index (Phi) is 3.99. The zero-order valence-corrected chi connectivity index (χ0v) is 9.44. The van der Waals surface area contributed by atoms with Crippen LogP contribution in [-0.2, 0) is 20.7 Å². The van der Waals surface area contributed by atoms with E-state index in [4.69, 9.17) is 0 Å². The molecule has 0 amide bonds. The second-order valence-electron chi connectivity index (χ2n) is 3.26. The van der Waals surface area contributed by atoms with Gasteiger partial charge in [0.1, 0.15) is 0 Å². The van der Waals surface area contributed by atoms with Gasteiger partial charge in [0.2, 0.25) is 0 Å². The van der Waals surface area contributed by atoms with Crippen LogP contribution in [0.15, 0.2) is 12.3 Å². The van der Waals surface area contributed by atoms with E-state index in [0.29, 0.717) is 5.56 Å². The van der Waals surface area contributed by atoms with Crippen LogP contribution >= 0.6 is 0 Å². The van der Waals surface area contributed by atoms with Gasteiger partial charge in [0.05, 0.1) is 20.6 Å². The number of hydrogen-bond donors (Lipinski definition) is 0. The number of hydrogen-bond acceptors (Lipinski definition) is 5. The first-order valence-electron chi connectivity index (χ1n) is 4.69. The normalized spacial score (nSPS) is 9.69. The van der Waals surface area contributed by atoms with Crippen molar-refractivity contribution in [3.63, 3.8) is 0 Å².